The largest absolute Gasteiger partial charge is 0.497 e. The Labute approximate surface area is 117 Å². The molecular weight excluding hydrogens is 321 g/mol. The number of hydrogen-bond acceptors (Lipinski definition) is 2. The quantitative estimate of drug-likeness (QED) is 0.935. The van der Waals surface area contributed by atoms with Crippen molar-refractivity contribution in [2.45, 2.75) is 0 Å². The van der Waals surface area contributed by atoms with E-state index in [9.17, 15) is 4.79 Å². The summed E-state index contributed by atoms with van der Waals surface area (Å²) < 4.78 is 7.43. The van der Waals surface area contributed by atoms with Gasteiger partial charge in [-0.3, -0.25) is 0 Å². The fraction of sp³-hybridized carbons (Fsp3) is 0.0833. The van der Waals surface area contributed by atoms with E-state index >= 15 is 0 Å². The van der Waals surface area contributed by atoms with E-state index in [0.29, 0.717) is 16.5 Å². The molecule has 0 radical (unpaired) electrons. The molecule has 0 aliphatic heterocycles. The van der Waals surface area contributed by atoms with Gasteiger partial charge in [-0.1, -0.05) is 27.5 Å². The number of carboxylic acids is 1. The molecule has 1 aromatic carbocycles. The van der Waals surface area contributed by atoms with Crippen LogP contribution in [0.25, 0.3) is 5.69 Å². The van der Waals surface area contributed by atoms with E-state index in [-0.39, 0.29) is 5.69 Å². The lowest BCUT2D eigenvalue weighted by molar-refractivity contribution is 0.0688. The van der Waals surface area contributed by atoms with Crippen LogP contribution in [0.15, 0.2) is 34.9 Å². The Morgan fingerprint density at radius 1 is 1.39 bits per heavy atom. The van der Waals surface area contributed by atoms with Gasteiger partial charge in [-0.25, -0.2) is 4.79 Å². The zero-order chi connectivity index (χ0) is 13.3. The third-order valence-electron chi connectivity index (χ3n) is 2.38. The second-order valence-electron chi connectivity index (χ2n) is 3.57. The molecule has 94 valence electrons. The summed E-state index contributed by atoms with van der Waals surface area (Å²) in [6, 6.07) is 6.70. The molecule has 0 amide bonds. The highest BCUT2D eigenvalue weighted by molar-refractivity contribution is 9.10. The van der Waals surface area contributed by atoms with Crippen molar-refractivity contribution >= 4 is 33.5 Å². The molecule has 2 rings (SSSR count). The van der Waals surface area contributed by atoms with E-state index in [1.54, 1.807) is 31.5 Å². The highest BCUT2D eigenvalue weighted by atomic mass is 79.9. The molecule has 1 aromatic heterocycles. The first-order valence-corrected chi connectivity index (χ1v) is 6.14. The minimum absolute atomic E-state index is 0.0974. The van der Waals surface area contributed by atoms with Gasteiger partial charge in [0.15, 0.2) is 0 Å². The maximum Gasteiger partial charge on any atom is 0.352 e. The van der Waals surface area contributed by atoms with Gasteiger partial charge in [0, 0.05) is 16.7 Å². The molecule has 4 nitrogen and oxygen atoms in total. The predicted molar refractivity (Wildman–Crippen MR) is 72.0 cm³/mol. The Kier molecular flexibility index (Phi) is 3.63. The third kappa shape index (κ3) is 2.52. The first-order valence-electron chi connectivity index (χ1n) is 4.97. The first-order chi connectivity index (χ1) is 8.51. The summed E-state index contributed by atoms with van der Waals surface area (Å²) >= 11 is 9.19. The summed E-state index contributed by atoms with van der Waals surface area (Å²) in [7, 11) is 1.55. The molecule has 18 heavy (non-hydrogen) atoms. The topological polar surface area (TPSA) is 51.5 Å². The van der Waals surface area contributed by atoms with Crippen LogP contribution in [0, 0.1) is 0 Å². The number of rotatable bonds is 3. The summed E-state index contributed by atoms with van der Waals surface area (Å²) in [5.74, 6) is -0.415. The number of carbonyl (C=O) groups is 1. The standard InChI is InChI=1S/C12H9BrClNO3/c1-18-10-3-7(13)2-9(5-10)15-6-8(14)4-11(15)12(16)17/h2-6H,1H3,(H,16,17). The molecule has 2 aromatic rings. The summed E-state index contributed by atoms with van der Waals surface area (Å²) in [5.41, 5.74) is 0.755. The lowest BCUT2D eigenvalue weighted by Gasteiger charge is -2.09. The second-order valence-corrected chi connectivity index (χ2v) is 4.92. The lowest BCUT2D eigenvalue weighted by atomic mass is 10.3. The van der Waals surface area contributed by atoms with Crippen molar-refractivity contribution in [3.05, 3.63) is 45.7 Å². The number of benzene rings is 1. The molecule has 0 aliphatic carbocycles. The van der Waals surface area contributed by atoms with E-state index in [2.05, 4.69) is 15.9 Å². The summed E-state index contributed by atoms with van der Waals surface area (Å²) in [6.45, 7) is 0. The van der Waals surface area contributed by atoms with E-state index in [4.69, 9.17) is 21.4 Å². The monoisotopic (exact) mass is 329 g/mol. The van der Waals surface area contributed by atoms with Gasteiger partial charge >= 0.3 is 5.97 Å². The zero-order valence-corrected chi connectivity index (χ0v) is 11.7. The average Bonchev–Trinajstić information content (AvgIpc) is 2.70. The van der Waals surface area contributed by atoms with Crippen molar-refractivity contribution in [3.8, 4) is 11.4 Å². The van der Waals surface area contributed by atoms with Gasteiger partial charge in [0.1, 0.15) is 11.4 Å². The number of carboxylic acid groups (broad SMARTS) is 1. The maximum atomic E-state index is 11.1. The number of aromatic nitrogens is 1. The molecule has 1 N–H and O–H groups in total. The minimum Gasteiger partial charge on any atom is -0.497 e. The fourth-order valence-corrected chi connectivity index (χ4v) is 2.27. The number of aromatic carboxylic acids is 1. The van der Waals surface area contributed by atoms with Gasteiger partial charge < -0.3 is 14.4 Å². The van der Waals surface area contributed by atoms with Gasteiger partial charge in [-0.2, -0.15) is 0 Å². The van der Waals surface area contributed by atoms with Crippen molar-refractivity contribution in [1.29, 1.82) is 0 Å². The van der Waals surface area contributed by atoms with Gasteiger partial charge in [-0.15, -0.1) is 0 Å². The molecule has 0 spiro atoms. The number of halogens is 2. The summed E-state index contributed by atoms with van der Waals surface area (Å²) in [4.78, 5) is 11.1. The van der Waals surface area contributed by atoms with Gasteiger partial charge in [0.25, 0.3) is 0 Å². The number of nitrogens with zero attached hydrogens (tertiary/aromatic N) is 1. The number of ether oxygens (including phenoxy) is 1. The van der Waals surface area contributed by atoms with E-state index in [1.165, 1.54) is 10.6 Å². The predicted octanol–water partition coefficient (Wildman–Crippen LogP) is 3.60. The average molecular weight is 331 g/mol. The van der Waals surface area contributed by atoms with Crippen LogP contribution in [-0.4, -0.2) is 22.8 Å². The minimum atomic E-state index is -1.04. The van der Waals surface area contributed by atoms with Crippen LogP contribution in [0.4, 0.5) is 0 Å². The molecule has 0 saturated carbocycles. The Morgan fingerprint density at radius 3 is 2.72 bits per heavy atom. The van der Waals surface area contributed by atoms with Crippen LogP contribution in [0.5, 0.6) is 5.75 Å². The van der Waals surface area contributed by atoms with Crippen molar-refractivity contribution in [3.63, 3.8) is 0 Å². The van der Waals surface area contributed by atoms with Gasteiger partial charge in [0.2, 0.25) is 0 Å². The number of hydrogen-bond donors (Lipinski definition) is 1. The number of methoxy groups -OCH3 is 1. The van der Waals surface area contributed by atoms with Crippen molar-refractivity contribution in [2.75, 3.05) is 7.11 Å². The normalized spacial score (nSPS) is 10.4. The summed E-state index contributed by atoms with van der Waals surface area (Å²) in [6.07, 6.45) is 1.55. The highest BCUT2D eigenvalue weighted by Crippen LogP contribution is 2.26. The van der Waals surface area contributed by atoms with Crippen LogP contribution in [0.1, 0.15) is 10.5 Å². The van der Waals surface area contributed by atoms with E-state index < -0.39 is 5.97 Å². The van der Waals surface area contributed by atoms with Crippen molar-refractivity contribution in [1.82, 2.24) is 4.57 Å². The zero-order valence-electron chi connectivity index (χ0n) is 9.35. The molecule has 0 atom stereocenters. The van der Waals surface area contributed by atoms with Crippen LogP contribution < -0.4 is 4.74 Å². The lowest BCUT2D eigenvalue weighted by Crippen LogP contribution is -2.05. The Balaban J connectivity index is 2.61. The van der Waals surface area contributed by atoms with Gasteiger partial charge in [-0.05, 0) is 18.2 Å². The molecule has 6 heteroatoms. The van der Waals surface area contributed by atoms with Crippen LogP contribution in [-0.2, 0) is 0 Å². The first kappa shape index (κ1) is 13.0. The van der Waals surface area contributed by atoms with Crippen LogP contribution >= 0.6 is 27.5 Å². The van der Waals surface area contributed by atoms with Crippen LogP contribution in [0.3, 0.4) is 0 Å². The van der Waals surface area contributed by atoms with Gasteiger partial charge in [0.05, 0.1) is 17.8 Å². The Hall–Kier alpha value is -1.46. The molecule has 0 unspecified atom stereocenters. The Bertz CT molecular complexity index is 609. The molecule has 0 fully saturated rings. The molecule has 0 aliphatic rings. The fourth-order valence-electron chi connectivity index (χ4n) is 1.61. The molecular formula is C12H9BrClNO3. The molecule has 0 bridgehead atoms. The Morgan fingerprint density at radius 2 is 2.11 bits per heavy atom. The summed E-state index contributed by atoms with van der Waals surface area (Å²) in [5, 5.41) is 9.48. The van der Waals surface area contributed by atoms with Crippen molar-refractivity contribution < 1.29 is 14.6 Å². The van der Waals surface area contributed by atoms with E-state index in [0.717, 1.165) is 4.47 Å². The van der Waals surface area contributed by atoms with Crippen molar-refractivity contribution in [2.24, 2.45) is 0 Å². The maximum absolute atomic E-state index is 11.1. The third-order valence-corrected chi connectivity index (χ3v) is 3.04. The van der Waals surface area contributed by atoms with Crippen LogP contribution in [0.2, 0.25) is 5.02 Å². The molecule has 0 saturated heterocycles. The smallest absolute Gasteiger partial charge is 0.352 e. The SMILES string of the molecule is COc1cc(Br)cc(-n2cc(Cl)cc2C(=O)O)c1. The molecule has 1 heterocycles. The van der Waals surface area contributed by atoms with E-state index in [1.807, 2.05) is 0 Å². The highest BCUT2D eigenvalue weighted by Gasteiger charge is 2.14. The second kappa shape index (κ2) is 5.04.